The van der Waals surface area contributed by atoms with Crippen LogP contribution in [0.2, 0.25) is 0 Å². The van der Waals surface area contributed by atoms with E-state index in [1.54, 1.807) is 17.5 Å². The van der Waals surface area contributed by atoms with E-state index in [0.717, 1.165) is 27.4 Å². The molecule has 0 atom stereocenters. The second kappa shape index (κ2) is 9.26. The van der Waals surface area contributed by atoms with Crippen LogP contribution >= 0.6 is 11.3 Å². The Morgan fingerprint density at radius 1 is 0.931 bits per heavy atom. The number of amides is 1. The smallest absolute Gasteiger partial charge is 0.232 e. The van der Waals surface area contributed by atoms with Crippen LogP contribution in [0.15, 0.2) is 90.6 Å². The molecule has 1 amide bonds. The molecule has 0 fully saturated rings. The number of nitrogens with zero attached hydrogens (tertiary/aromatic N) is 2. The van der Waals surface area contributed by atoms with Gasteiger partial charge in [-0.15, -0.1) is 11.3 Å². The molecule has 0 bridgehead atoms. The SMILES string of the molecule is O=C(NCCc1csc(-c2cccnc2)n1)C(c1ccccc1)c1ccccc1. The molecule has 0 saturated heterocycles. The number of thiazole rings is 1. The Labute approximate surface area is 174 Å². The standard InChI is InChI=1S/C24H21N3OS/c28-23(22(18-8-3-1-4-9-18)19-10-5-2-6-11-19)26-15-13-21-17-29-24(27-21)20-12-7-14-25-16-20/h1-12,14,16-17,22H,13,15H2,(H,26,28). The first-order valence-corrected chi connectivity index (χ1v) is 10.4. The number of hydrogen-bond donors (Lipinski definition) is 1. The van der Waals surface area contributed by atoms with Crippen molar-refractivity contribution in [2.75, 3.05) is 6.54 Å². The molecule has 1 N–H and O–H groups in total. The molecule has 5 heteroatoms. The summed E-state index contributed by atoms with van der Waals surface area (Å²) in [5.41, 5.74) is 3.97. The van der Waals surface area contributed by atoms with Crippen molar-refractivity contribution >= 4 is 17.2 Å². The number of rotatable bonds is 7. The zero-order valence-corrected chi connectivity index (χ0v) is 16.7. The summed E-state index contributed by atoms with van der Waals surface area (Å²) in [5.74, 6) is -0.316. The van der Waals surface area contributed by atoms with Gasteiger partial charge in [-0.25, -0.2) is 4.98 Å². The van der Waals surface area contributed by atoms with Gasteiger partial charge in [0, 0.05) is 36.3 Å². The predicted molar refractivity (Wildman–Crippen MR) is 117 cm³/mol. The largest absolute Gasteiger partial charge is 0.355 e. The number of nitrogens with one attached hydrogen (secondary N) is 1. The molecular formula is C24H21N3OS. The van der Waals surface area contributed by atoms with Crippen LogP contribution in [0, 0.1) is 0 Å². The summed E-state index contributed by atoms with van der Waals surface area (Å²) in [7, 11) is 0. The summed E-state index contributed by atoms with van der Waals surface area (Å²) in [6.07, 6.45) is 4.26. The Morgan fingerprint density at radius 2 is 1.62 bits per heavy atom. The lowest BCUT2D eigenvalue weighted by molar-refractivity contribution is -0.121. The Kier molecular flexibility index (Phi) is 6.07. The fourth-order valence-electron chi connectivity index (χ4n) is 3.25. The van der Waals surface area contributed by atoms with Crippen molar-refractivity contribution in [1.82, 2.24) is 15.3 Å². The lowest BCUT2D eigenvalue weighted by Gasteiger charge is -2.17. The first kappa shape index (κ1) is 19.0. The van der Waals surface area contributed by atoms with Crippen molar-refractivity contribution < 1.29 is 4.79 Å². The first-order valence-electron chi connectivity index (χ1n) is 9.53. The normalized spacial score (nSPS) is 10.8. The predicted octanol–water partition coefficient (Wildman–Crippen LogP) is 4.70. The number of hydrogen-bond acceptors (Lipinski definition) is 4. The molecule has 4 rings (SSSR count). The monoisotopic (exact) mass is 399 g/mol. The van der Waals surface area contributed by atoms with Gasteiger partial charge in [-0.2, -0.15) is 0 Å². The highest BCUT2D eigenvalue weighted by Gasteiger charge is 2.22. The lowest BCUT2D eigenvalue weighted by atomic mass is 9.90. The first-order chi connectivity index (χ1) is 14.3. The molecule has 29 heavy (non-hydrogen) atoms. The molecule has 144 valence electrons. The summed E-state index contributed by atoms with van der Waals surface area (Å²) < 4.78 is 0. The Hall–Kier alpha value is -3.31. The molecule has 0 aliphatic rings. The van der Waals surface area contributed by atoms with Gasteiger partial charge < -0.3 is 5.32 Å². The molecule has 2 aromatic carbocycles. The van der Waals surface area contributed by atoms with Gasteiger partial charge in [-0.1, -0.05) is 60.7 Å². The zero-order chi connectivity index (χ0) is 19.9. The molecule has 0 saturated carbocycles. The van der Waals surface area contributed by atoms with Gasteiger partial charge >= 0.3 is 0 Å². The van der Waals surface area contributed by atoms with Crippen LogP contribution in [0.1, 0.15) is 22.7 Å². The molecule has 0 spiro atoms. The van der Waals surface area contributed by atoms with E-state index in [0.29, 0.717) is 13.0 Å². The van der Waals surface area contributed by atoms with Crippen LogP contribution in [0.25, 0.3) is 10.6 Å². The Bertz CT molecular complexity index is 1010. The molecule has 2 aromatic heterocycles. The quantitative estimate of drug-likeness (QED) is 0.490. The highest BCUT2D eigenvalue weighted by molar-refractivity contribution is 7.13. The van der Waals surface area contributed by atoms with Crippen molar-refractivity contribution in [3.05, 3.63) is 107 Å². The molecule has 0 aliphatic heterocycles. The average Bonchev–Trinajstić information content (AvgIpc) is 3.25. The van der Waals surface area contributed by atoms with Crippen molar-refractivity contribution in [1.29, 1.82) is 0 Å². The fraction of sp³-hybridized carbons (Fsp3) is 0.125. The molecule has 4 nitrogen and oxygen atoms in total. The van der Waals surface area contributed by atoms with Crippen LogP contribution in [-0.4, -0.2) is 22.4 Å². The Morgan fingerprint density at radius 3 is 2.24 bits per heavy atom. The van der Waals surface area contributed by atoms with Crippen LogP contribution in [0.3, 0.4) is 0 Å². The van der Waals surface area contributed by atoms with Gasteiger partial charge in [0.25, 0.3) is 0 Å². The van der Waals surface area contributed by atoms with E-state index in [4.69, 9.17) is 0 Å². The Balaban J connectivity index is 1.42. The van der Waals surface area contributed by atoms with Crippen LogP contribution < -0.4 is 5.32 Å². The number of aromatic nitrogens is 2. The fourth-order valence-corrected chi connectivity index (χ4v) is 4.09. The molecule has 4 aromatic rings. The maximum Gasteiger partial charge on any atom is 0.232 e. The van der Waals surface area contributed by atoms with Crippen molar-refractivity contribution in [2.45, 2.75) is 12.3 Å². The van der Waals surface area contributed by atoms with E-state index in [9.17, 15) is 4.79 Å². The van der Waals surface area contributed by atoms with Gasteiger partial charge in [-0.05, 0) is 23.3 Å². The summed E-state index contributed by atoms with van der Waals surface area (Å²) >= 11 is 1.60. The molecule has 0 aliphatic carbocycles. The van der Waals surface area contributed by atoms with E-state index in [-0.39, 0.29) is 11.8 Å². The lowest BCUT2D eigenvalue weighted by Crippen LogP contribution is -2.31. The van der Waals surface area contributed by atoms with Crippen LogP contribution in [-0.2, 0) is 11.2 Å². The third kappa shape index (κ3) is 4.76. The second-order valence-electron chi connectivity index (χ2n) is 6.68. The third-order valence-electron chi connectivity index (χ3n) is 4.67. The van der Waals surface area contributed by atoms with Crippen molar-refractivity contribution in [3.63, 3.8) is 0 Å². The third-order valence-corrected chi connectivity index (χ3v) is 5.61. The van der Waals surface area contributed by atoms with E-state index in [1.807, 2.05) is 84.4 Å². The minimum Gasteiger partial charge on any atom is -0.355 e. The van der Waals surface area contributed by atoms with Crippen molar-refractivity contribution in [2.24, 2.45) is 0 Å². The highest BCUT2D eigenvalue weighted by atomic mass is 32.1. The number of pyridine rings is 1. The van der Waals surface area contributed by atoms with Gasteiger partial charge in [0.05, 0.1) is 11.6 Å². The van der Waals surface area contributed by atoms with Gasteiger partial charge in [0.2, 0.25) is 5.91 Å². The molecule has 0 unspecified atom stereocenters. The average molecular weight is 400 g/mol. The van der Waals surface area contributed by atoms with Gasteiger partial charge in [-0.3, -0.25) is 9.78 Å². The number of carbonyl (C=O) groups excluding carboxylic acids is 1. The molecule has 2 heterocycles. The van der Waals surface area contributed by atoms with Crippen LogP contribution in [0.5, 0.6) is 0 Å². The van der Waals surface area contributed by atoms with E-state index in [2.05, 4.69) is 15.3 Å². The van der Waals surface area contributed by atoms with Gasteiger partial charge in [0.15, 0.2) is 0 Å². The summed E-state index contributed by atoms with van der Waals surface area (Å²) in [6.45, 7) is 0.547. The minimum absolute atomic E-state index is 0.00473. The second-order valence-corrected chi connectivity index (χ2v) is 7.54. The molecule has 0 radical (unpaired) electrons. The summed E-state index contributed by atoms with van der Waals surface area (Å²) in [6, 6.07) is 23.7. The van der Waals surface area contributed by atoms with E-state index < -0.39 is 0 Å². The maximum atomic E-state index is 13.0. The summed E-state index contributed by atoms with van der Waals surface area (Å²) in [4.78, 5) is 21.8. The van der Waals surface area contributed by atoms with Crippen LogP contribution in [0.4, 0.5) is 0 Å². The van der Waals surface area contributed by atoms with E-state index >= 15 is 0 Å². The molecular weight excluding hydrogens is 378 g/mol. The minimum atomic E-state index is -0.321. The summed E-state index contributed by atoms with van der Waals surface area (Å²) in [5, 5.41) is 6.08. The highest BCUT2D eigenvalue weighted by Crippen LogP contribution is 2.25. The topological polar surface area (TPSA) is 54.9 Å². The number of carbonyl (C=O) groups is 1. The zero-order valence-electron chi connectivity index (χ0n) is 15.9. The maximum absolute atomic E-state index is 13.0. The van der Waals surface area contributed by atoms with Crippen molar-refractivity contribution in [3.8, 4) is 10.6 Å². The number of benzene rings is 2. The van der Waals surface area contributed by atoms with Gasteiger partial charge in [0.1, 0.15) is 5.01 Å². The van der Waals surface area contributed by atoms with E-state index in [1.165, 1.54) is 0 Å².